The summed E-state index contributed by atoms with van der Waals surface area (Å²) in [6, 6.07) is 2.82. The van der Waals surface area contributed by atoms with Crippen molar-refractivity contribution in [3.05, 3.63) is 29.6 Å². The Morgan fingerprint density at radius 1 is 1.35 bits per heavy atom. The van der Waals surface area contributed by atoms with E-state index in [9.17, 15) is 22.0 Å². The number of hydrogen-bond donors (Lipinski definition) is 3. The van der Waals surface area contributed by atoms with Gasteiger partial charge in [-0.15, -0.1) is 0 Å². The molecule has 31 heavy (non-hydrogen) atoms. The minimum Gasteiger partial charge on any atom is -0.338 e. The maximum Gasteiger partial charge on any atom is 0.240 e. The van der Waals surface area contributed by atoms with Crippen LogP contribution in [-0.4, -0.2) is 57.0 Å². The molecule has 2 aliphatic heterocycles. The zero-order chi connectivity index (χ0) is 22.3. The standard InChI is InChI=1S/C20H28F2N4O4S/c1-31(28,29)13-4-5-14(16(22)9-13)18-24-19(30-25-18)15(8-11-2-3-11)17(23)20(27)26-7-6-12(21)10-26/h4-5,9,11-12,15,17-19,24-25H,2-3,6-8,10,23H2,1H3/t12-,15-,17-,18+,19+/m0/s1. The third-order valence-electron chi connectivity index (χ3n) is 6.23. The zero-order valence-corrected chi connectivity index (χ0v) is 18.1. The van der Waals surface area contributed by atoms with E-state index in [-0.39, 0.29) is 28.8 Å². The second-order valence-electron chi connectivity index (χ2n) is 8.75. The van der Waals surface area contributed by atoms with E-state index in [0.29, 0.717) is 25.3 Å². The van der Waals surface area contributed by atoms with E-state index >= 15 is 0 Å². The average molecular weight is 459 g/mol. The summed E-state index contributed by atoms with van der Waals surface area (Å²) in [5, 5.41) is 3.13. The van der Waals surface area contributed by atoms with Crippen molar-refractivity contribution in [2.75, 3.05) is 19.3 Å². The normalized spacial score (nSPS) is 28.6. The van der Waals surface area contributed by atoms with Crippen LogP contribution in [0, 0.1) is 17.7 Å². The molecule has 8 nitrogen and oxygen atoms in total. The van der Waals surface area contributed by atoms with Crippen molar-refractivity contribution in [1.29, 1.82) is 0 Å². The number of hydrogen-bond acceptors (Lipinski definition) is 7. The summed E-state index contributed by atoms with van der Waals surface area (Å²) in [7, 11) is -3.53. The third kappa shape index (κ3) is 5.06. The van der Waals surface area contributed by atoms with Gasteiger partial charge in [-0.3, -0.25) is 14.9 Å². The van der Waals surface area contributed by atoms with Gasteiger partial charge in [-0.25, -0.2) is 17.2 Å². The van der Waals surface area contributed by atoms with Crippen molar-refractivity contribution in [3.63, 3.8) is 0 Å². The van der Waals surface area contributed by atoms with E-state index in [1.54, 1.807) is 0 Å². The van der Waals surface area contributed by atoms with Crippen LogP contribution in [0.4, 0.5) is 8.78 Å². The summed E-state index contributed by atoms with van der Waals surface area (Å²) in [5.41, 5.74) is 9.24. The molecule has 5 atom stereocenters. The number of sulfone groups is 1. The molecule has 4 N–H and O–H groups in total. The topological polar surface area (TPSA) is 114 Å². The van der Waals surface area contributed by atoms with Gasteiger partial charge < -0.3 is 10.6 Å². The number of likely N-dealkylation sites (tertiary alicyclic amines) is 1. The van der Waals surface area contributed by atoms with Gasteiger partial charge in [-0.05, 0) is 30.9 Å². The molecular formula is C20H28F2N4O4S. The minimum absolute atomic E-state index is 0.0560. The van der Waals surface area contributed by atoms with Crippen LogP contribution in [0.25, 0.3) is 0 Å². The van der Waals surface area contributed by atoms with Crippen molar-refractivity contribution in [3.8, 4) is 0 Å². The Balaban J connectivity index is 1.47. The number of halogens is 2. The molecule has 4 rings (SSSR count). The molecule has 0 unspecified atom stereocenters. The molecule has 1 aromatic carbocycles. The number of carbonyl (C=O) groups is 1. The van der Waals surface area contributed by atoms with Crippen molar-refractivity contribution in [2.24, 2.45) is 17.6 Å². The molecular weight excluding hydrogens is 430 g/mol. The number of hydroxylamine groups is 1. The van der Waals surface area contributed by atoms with Gasteiger partial charge in [0.1, 0.15) is 24.4 Å². The highest BCUT2D eigenvalue weighted by molar-refractivity contribution is 7.90. The Hall–Kier alpha value is -1.66. The Morgan fingerprint density at radius 3 is 2.68 bits per heavy atom. The average Bonchev–Trinajstić information content (AvgIpc) is 3.22. The predicted octanol–water partition coefficient (Wildman–Crippen LogP) is 0.992. The van der Waals surface area contributed by atoms with Crippen LogP contribution in [0.5, 0.6) is 0 Å². The summed E-state index contributed by atoms with van der Waals surface area (Å²) in [4.78, 5) is 19.8. The minimum atomic E-state index is -3.53. The van der Waals surface area contributed by atoms with Gasteiger partial charge in [0.15, 0.2) is 9.84 Å². The summed E-state index contributed by atoms with van der Waals surface area (Å²) >= 11 is 0. The SMILES string of the molecule is CS(=O)(=O)c1ccc([C@H]2NO[C@H]([C@@H](CC3CC3)[C@H](N)C(=O)N3CC[C@H](F)C3)N2)c(F)c1. The highest BCUT2D eigenvalue weighted by Gasteiger charge is 2.43. The van der Waals surface area contributed by atoms with Gasteiger partial charge in [-0.2, -0.15) is 5.48 Å². The molecule has 0 spiro atoms. The van der Waals surface area contributed by atoms with E-state index in [1.807, 2.05) is 0 Å². The first kappa shape index (κ1) is 22.5. The van der Waals surface area contributed by atoms with E-state index in [2.05, 4.69) is 10.8 Å². The van der Waals surface area contributed by atoms with Crippen LogP contribution in [-0.2, 0) is 19.5 Å². The molecule has 1 saturated carbocycles. The fraction of sp³-hybridized carbons (Fsp3) is 0.650. The van der Waals surface area contributed by atoms with Crippen molar-refractivity contribution < 1.29 is 26.8 Å². The summed E-state index contributed by atoms with van der Waals surface area (Å²) in [6.45, 7) is 0.405. The van der Waals surface area contributed by atoms with Gasteiger partial charge in [-0.1, -0.05) is 18.9 Å². The number of carbonyl (C=O) groups excluding carboxylic acids is 1. The summed E-state index contributed by atoms with van der Waals surface area (Å²) < 4.78 is 51.4. The Morgan fingerprint density at radius 2 is 2.10 bits per heavy atom. The van der Waals surface area contributed by atoms with E-state index in [4.69, 9.17) is 10.6 Å². The van der Waals surface area contributed by atoms with Crippen LogP contribution in [0.3, 0.4) is 0 Å². The Kier molecular flexibility index (Phi) is 6.32. The summed E-state index contributed by atoms with van der Waals surface area (Å²) in [6.07, 6.45) is 1.70. The number of benzene rings is 1. The second kappa shape index (κ2) is 8.70. The molecule has 3 fully saturated rings. The fourth-order valence-corrected chi connectivity index (χ4v) is 4.85. The Bertz CT molecular complexity index is 943. The molecule has 172 valence electrons. The molecule has 0 aromatic heterocycles. The number of amides is 1. The molecule has 0 bridgehead atoms. The quantitative estimate of drug-likeness (QED) is 0.558. The lowest BCUT2D eigenvalue weighted by Gasteiger charge is -2.30. The van der Waals surface area contributed by atoms with Crippen LogP contribution < -0.4 is 16.5 Å². The largest absolute Gasteiger partial charge is 0.338 e. The number of rotatable bonds is 7. The Labute approximate surface area is 180 Å². The zero-order valence-electron chi connectivity index (χ0n) is 17.3. The highest BCUT2D eigenvalue weighted by Crippen LogP contribution is 2.38. The lowest BCUT2D eigenvalue weighted by Crippen LogP contribution is -2.52. The number of nitrogens with zero attached hydrogens (tertiary/aromatic N) is 1. The van der Waals surface area contributed by atoms with Crippen molar-refractivity contribution >= 4 is 15.7 Å². The first-order chi connectivity index (χ1) is 14.6. The smallest absolute Gasteiger partial charge is 0.240 e. The lowest BCUT2D eigenvalue weighted by atomic mass is 9.91. The monoisotopic (exact) mass is 458 g/mol. The van der Waals surface area contributed by atoms with E-state index in [1.165, 1.54) is 17.0 Å². The molecule has 1 aliphatic carbocycles. The number of alkyl halides is 1. The van der Waals surface area contributed by atoms with E-state index in [0.717, 1.165) is 25.2 Å². The van der Waals surface area contributed by atoms with Crippen molar-refractivity contribution in [2.45, 2.75) is 55.2 Å². The highest BCUT2D eigenvalue weighted by atomic mass is 32.2. The summed E-state index contributed by atoms with van der Waals surface area (Å²) in [5.74, 6) is -0.924. The first-order valence-corrected chi connectivity index (χ1v) is 12.4. The van der Waals surface area contributed by atoms with Crippen molar-refractivity contribution in [1.82, 2.24) is 15.7 Å². The molecule has 1 aromatic rings. The lowest BCUT2D eigenvalue weighted by molar-refractivity contribution is -0.135. The van der Waals surface area contributed by atoms with Gasteiger partial charge in [0, 0.05) is 24.3 Å². The molecule has 1 amide bonds. The molecule has 2 heterocycles. The molecule has 11 heteroatoms. The molecule has 2 saturated heterocycles. The number of nitrogens with one attached hydrogen (secondary N) is 2. The maximum atomic E-state index is 14.6. The van der Waals surface area contributed by atoms with Gasteiger partial charge in [0.25, 0.3) is 0 Å². The fourth-order valence-electron chi connectivity index (χ4n) is 4.22. The second-order valence-corrected chi connectivity index (χ2v) is 10.8. The van der Waals surface area contributed by atoms with Gasteiger partial charge in [0.2, 0.25) is 5.91 Å². The maximum absolute atomic E-state index is 14.6. The van der Waals surface area contributed by atoms with E-state index < -0.39 is 40.3 Å². The van der Waals surface area contributed by atoms with Crippen LogP contribution in [0.15, 0.2) is 23.1 Å². The van der Waals surface area contributed by atoms with Crippen LogP contribution in [0.1, 0.15) is 37.4 Å². The first-order valence-electron chi connectivity index (χ1n) is 10.5. The van der Waals surface area contributed by atoms with Gasteiger partial charge in [0.05, 0.1) is 17.5 Å². The molecule has 0 radical (unpaired) electrons. The predicted molar refractivity (Wildman–Crippen MR) is 108 cm³/mol. The van der Waals surface area contributed by atoms with Crippen LogP contribution in [0.2, 0.25) is 0 Å². The van der Waals surface area contributed by atoms with Crippen LogP contribution >= 0.6 is 0 Å². The van der Waals surface area contributed by atoms with Gasteiger partial charge >= 0.3 is 0 Å². The third-order valence-corrected chi connectivity index (χ3v) is 7.35. The number of nitrogens with two attached hydrogens (primary N) is 1. The molecule has 3 aliphatic rings.